The van der Waals surface area contributed by atoms with Crippen LogP contribution in [-0.2, 0) is 0 Å². The highest BCUT2D eigenvalue weighted by atomic mass is 79.9. The van der Waals surface area contributed by atoms with E-state index in [2.05, 4.69) is 37.7 Å². The maximum atomic E-state index is 5.92. The number of nitrogens with zero attached hydrogens (tertiary/aromatic N) is 3. The highest BCUT2D eigenvalue weighted by Gasteiger charge is 2.11. The summed E-state index contributed by atoms with van der Waals surface area (Å²) in [5.41, 5.74) is 2.96. The monoisotopic (exact) mass is 341 g/mol. The fraction of sp³-hybridized carbons (Fsp3) is 0.429. The number of unbranched alkanes of at least 4 members (excludes halogenated alkanes) is 1. The molecule has 0 saturated heterocycles. The molecule has 2 aromatic heterocycles. The number of alkyl halides is 1. The average molecular weight is 343 g/mol. The van der Waals surface area contributed by atoms with E-state index in [1.165, 1.54) is 6.42 Å². The summed E-state index contributed by atoms with van der Waals surface area (Å²) in [6.45, 7) is 4.03. The van der Waals surface area contributed by atoms with E-state index in [1.54, 1.807) is 0 Å². The number of hydrogen-bond donors (Lipinski definition) is 0. The molecular weight excluding hydrogens is 326 g/mol. The standard InChI is InChI=1S/C14H17BrClN3/c1-2-3-7-19(8-5-16)13-4-6-17-12-9-11(15)10-18-14(12)13/h4,6,9-10H,2-3,5,7-8H2,1H3. The first-order chi connectivity index (χ1) is 9.26. The summed E-state index contributed by atoms with van der Waals surface area (Å²) in [5, 5.41) is 0. The van der Waals surface area contributed by atoms with Crippen LogP contribution in [0.3, 0.4) is 0 Å². The predicted octanol–water partition coefficient (Wildman–Crippen LogP) is 4.24. The molecule has 2 aromatic rings. The molecule has 0 fully saturated rings. The number of anilines is 1. The Morgan fingerprint density at radius 2 is 2.16 bits per heavy atom. The average Bonchev–Trinajstić information content (AvgIpc) is 2.42. The van der Waals surface area contributed by atoms with Crippen LogP contribution in [0.5, 0.6) is 0 Å². The van der Waals surface area contributed by atoms with Gasteiger partial charge in [-0.05, 0) is 34.5 Å². The summed E-state index contributed by atoms with van der Waals surface area (Å²) < 4.78 is 0.946. The third kappa shape index (κ3) is 3.57. The van der Waals surface area contributed by atoms with Gasteiger partial charge in [0.05, 0.1) is 11.2 Å². The topological polar surface area (TPSA) is 29.0 Å². The van der Waals surface area contributed by atoms with E-state index in [0.717, 1.165) is 40.7 Å². The minimum Gasteiger partial charge on any atom is -0.368 e. The fourth-order valence-corrected chi connectivity index (χ4v) is 2.57. The van der Waals surface area contributed by atoms with Crippen LogP contribution in [0.15, 0.2) is 29.0 Å². The normalized spacial score (nSPS) is 10.9. The fourth-order valence-electron chi connectivity index (χ4n) is 2.05. The van der Waals surface area contributed by atoms with Crippen molar-refractivity contribution in [1.29, 1.82) is 0 Å². The van der Waals surface area contributed by atoms with Gasteiger partial charge in [-0.2, -0.15) is 0 Å². The minimum atomic E-state index is 0.615. The Morgan fingerprint density at radius 3 is 2.89 bits per heavy atom. The molecule has 2 rings (SSSR count). The van der Waals surface area contributed by atoms with Crippen molar-refractivity contribution in [3.8, 4) is 0 Å². The summed E-state index contributed by atoms with van der Waals surface area (Å²) >= 11 is 9.35. The summed E-state index contributed by atoms with van der Waals surface area (Å²) in [6.07, 6.45) is 5.96. The van der Waals surface area contributed by atoms with Crippen LogP contribution in [0, 0.1) is 0 Å². The molecule has 3 nitrogen and oxygen atoms in total. The molecule has 0 aliphatic carbocycles. The second-order valence-corrected chi connectivity index (χ2v) is 5.67. The molecule has 5 heteroatoms. The molecule has 0 spiro atoms. The summed E-state index contributed by atoms with van der Waals surface area (Å²) in [5.74, 6) is 0.615. The van der Waals surface area contributed by atoms with E-state index < -0.39 is 0 Å². The molecular formula is C14H17BrClN3. The molecule has 0 bridgehead atoms. The number of pyridine rings is 2. The SMILES string of the molecule is CCCCN(CCCl)c1ccnc2cc(Br)cnc12. The van der Waals surface area contributed by atoms with Crippen molar-refractivity contribution in [3.05, 3.63) is 29.0 Å². The summed E-state index contributed by atoms with van der Waals surface area (Å²) in [4.78, 5) is 11.2. The van der Waals surface area contributed by atoms with Crippen LogP contribution in [0.25, 0.3) is 11.0 Å². The van der Waals surface area contributed by atoms with Gasteiger partial charge < -0.3 is 4.90 Å². The lowest BCUT2D eigenvalue weighted by Crippen LogP contribution is -2.27. The maximum absolute atomic E-state index is 5.92. The highest BCUT2D eigenvalue weighted by molar-refractivity contribution is 9.10. The summed E-state index contributed by atoms with van der Waals surface area (Å²) in [6, 6.07) is 4.01. The molecule has 2 heterocycles. The molecule has 19 heavy (non-hydrogen) atoms. The minimum absolute atomic E-state index is 0.615. The molecule has 102 valence electrons. The van der Waals surface area contributed by atoms with E-state index in [-0.39, 0.29) is 0 Å². The van der Waals surface area contributed by atoms with Gasteiger partial charge in [-0.3, -0.25) is 9.97 Å². The number of aromatic nitrogens is 2. The molecule has 0 aromatic carbocycles. The van der Waals surface area contributed by atoms with Crippen molar-refractivity contribution in [3.63, 3.8) is 0 Å². The lowest BCUT2D eigenvalue weighted by atomic mass is 10.2. The van der Waals surface area contributed by atoms with Crippen LogP contribution >= 0.6 is 27.5 Å². The molecule has 0 amide bonds. The van der Waals surface area contributed by atoms with Crippen molar-refractivity contribution in [2.45, 2.75) is 19.8 Å². The Bertz CT molecular complexity index is 547. The van der Waals surface area contributed by atoms with Crippen molar-refractivity contribution < 1.29 is 0 Å². The second kappa shape index (κ2) is 7.06. The third-order valence-electron chi connectivity index (χ3n) is 3.00. The van der Waals surface area contributed by atoms with Crippen LogP contribution in [0.1, 0.15) is 19.8 Å². The zero-order valence-corrected chi connectivity index (χ0v) is 13.3. The largest absolute Gasteiger partial charge is 0.368 e. The first-order valence-electron chi connectivity index (χ1n) is 6.47. The van der Waals surface area contributed by atoms with Gasteiger partial charge in [-0.15, -0.1) is 11.6 Å². The van der Waals surface area contributed by atoms with E-state index in [9.17, 15) is 0 Å². The first-order valence-corrected chi connectivity index (χ1v) is 7.80. The van der Waals surface area contributed by atoms with Gasteiger partial charge >= 0.3 is 0 Å². The Balaban J connectivity index is 2.40. The number of fused-ring (bicyclic) bond motifs is 1. The van der Waals surface area contributed by atoms with Crippen molar-refractivity contribution >= 4 is 44.3 Å². The van der Waals surface area contributed by atoms with Crippen molar-refractivity contribution in [1.82, 2.24) is 9.97 Å². The zero-order chi connectivity index (χ0) is 13.7. The second-order valence-electron chi connectivity index (χ2n) is 4.38. The predicted molar refractivity (Wildman–Crippen MR) is 85.1 cm³/mol. The van der Waals surface area contributed by atoms with Gasteiger partial charge in [0.25, 0.3) is 0 Å². The van der Waals surface area contributed by atoms with Crippen LogP contribution in [-0.4, -0.2) is 28.9 Å². The van der Waals surface area contributed by atoms with Crippen LogP contribution in [0.2, 0.25) is 0 Å². The van der Waals surface area contributed by atoms with Crippen LogP contribution < -0.4 is 4.90 Å². The summed E-state index contributed by atoms with van der Waals surface area (Å²) in [7, 11) is 0. The lowest BCUT2D eigenvalue weighted by Gasteiger charge is -2.24. The highest BCUT2D eigenvalue weighted by Crippen LogP contribution is 2.25. The van der Waals surface area contributed by atoms with Gasteiger partial charge in [-0.1, -0.05) is 13.3 Å². The number of hydrogen-bond acceptors (Lipinski definition) is 3. The molecule has 0 aliphatic heterocycles. The van der Waals surface area contributed by atoms with Crippen molar-refractivity contribution in [2.24, 2.45) is 0 Å². The van der Waals surface area contributed by atoms with Gasteiger partial charge in [-0.25, -0.2) is 0 Å². The Kier molecular flexibility index (Phi) is 5.40. The van der Waals surface area contributed by atoms with E-state index >= 15 is 0 Å². The quantitative estimate of drug-likeness (QED) is 0.735. The van der Waals surface area contributed by atoms with Crippen molar-refractivity contribution in [2.75, 3.05) is 23.9 Å². The van der Waals surface area contributed by atoms with Gasteiger partial charge in [0.15, 0.2) is 0 Å². The Labute approximate surface area is 127 Å². The maximum Gasteiger partial charge on any atom is 0.112 e. The number of rotatable bonds is 6. The Hall–Kier alpha value is -0.870. The van der Waals surface area contributed by atoms with Gasteiger partial charge in [0.2, 0.25) is 0 Å². The van der Waals surface area contributed by atoms with E-state index in [0.29, 0.717) is 5.88 Å². The Morgan fingerprint density at radius 1 is 1.32 bits per heavy atom. The molecule has 0 atom stereocenters. The molecule has 0 saturated carbocycles. The van der Waals surface area contributed by atoms with E-state index in [4.69, 9.17) is 11.6 Å². The number of halogens is 2. The molecule has 0 unspecified atom stereocenters. The third-order valence-corrected chi connectivity index (χ3v) is 3.60. The molecule has 0 radical (unpaired) electrons. The molecule has 0 aliphatic rings. The smallest absolute Gasteiger partial charge is 0.112 e. The van der Waals surface area contributed by atoms with Crippen LogP contribution in [0.4, 0.5) is 5.69 Å². The molecule has 0 N–H and O–H groups in total. The van der Waals surface area contributed by atoms with Gasteiger partial charge in [0, 0.05) is 35.8 Å². The first kappa shape index (κ1) is 14.5. The van der Waals surface area contributed by atoms with Gasteiger partial charge in [0.1, 0.15) is 5.52 Å². The van der Waals surface area contributed by atoms with E-state index in [1.807, 2.05) is 24.5 Å². The zero-order valence-electron chi connectivity index (χ0n) is 10.9. The lowest BCUT2D eigenvalue weighted by molar-refractivity contribution is 0.735.